The molecule has 0 heterocycles. The van der Waals surface area contributed by atoms with Gasteiger partial charge in [0, 0.05) is 25.8 Å². The van der Waals surface area contributed by atoms with E-state index in [2.05, 4.69) is 5.32 Å². The highest BCUT2D eigenvalue weighted by Crippen LogP contribution is 2.15. The number of nitrogens with one attached hydrogen (secondary N) is 1. The van der Waals surface area contributed by atoms with Gasteiger partial charge in [0.15, 0.2) is 0 Å². The van der Waals surface area contributed by atoms with Crippen LogP contribution in [0.1, 0.15) is 22.3 Å². The summed E-state index contributed by atoms with van der Waals surface area (Å²) in [6.45, 7) is 3.02. The topological polar surface area (TPSA) is 58.6 Å². The van der Waals surface area contributed by atoms with E-state index in [-0.39, 0.29) is 11.7 Å². The summed E-state index contributed by atoms with van der Waals surface area (Å²) in [6.07, 6.45) is 0.791. The van der Waals surface area contributed by atoms with E-state index in [0.717, 1.165) is 12.0 Å². The van der Waals surface area contributed by atoms with Crippen LogP contribution in [-0.4, -0.2) is 31.3 Å². The number of benzene rings is 1. The summed E-state index contributed by atoms with van der Waals surface area (Å²) in [5.74, 6) is 0.0574. The summed E-state index contributed by atoms with van der Waals surface area (Å²) in [7, 11) is 1.63. The van der Waals surface area contributed by atoms with Gasteiger partial charge in [0.25, 0.3) is 5.91 Å². The van der Waals surface area contributed by atoms with Crippen LogP contribution in [0.2, 0.25) is 0 Å². The molecule has 4 heteroatoms. The smallest absolute Gasteiger partial charge is 0.251 e. The van der Waals surface area contributed by atoms with Gasteiger partial charge in [-0.3, -0.25) is 4.79 Å². The van der Waals surface area contributed by atoms with Crippen molar-refractivity contribution in [1.29, 1.82) is 0 Å². The quantitative estimate of drug-likeness (QED) is 0.743. The number of phenols is 1. The van der Waals surface area contributed by atoms with Gasteiger partial charge in [0.1, 0.15) is 5.75 Å². The van der Waals surface area contributed by atoms with Crippen molar-refractivity contribution in [2.24, 2.45) is 0 Å². The first-order valence-electron chi connectivity index (χ1n) is 5.22. The van der Waals surface area contributed by atoms with Crippen LogP contribution in [0, 0.1) is 6.92 Å². The van der Waals surface area contributed by atoms with Crippen molar-refractivity contribution >= 4 is 5.91 Å². The van der Waals surface area contributed by atoms with Crippen molar-refractivity contribution in [3.05, 3.63) is 29.3 Å². The average Bonchev–Trinajstić information content (AvgIpc) is 2.24. The van der Waals surface area contributed by atoms with Gasteiger partial charge < -0.3 is 15.2 Å². The number of amides is 1. The van der Waals surface area contributed by atoms with Crippen molar-refractivity contribution in [1.82, 2.24) is 5.32 Å². The number of hydrogen-bond acceptors (Lipinski definition) is 3. The van der Waals surface area contributed by atoms with Gasteiger partial charge in [-0.2, -0.15) is 0 Å². The van der Waals surface area contributed by atoms with Gasteiger partial charge in [0.05, 0.1) is 0 Å². The van der Waals surface area contributed by atoms with E-state index in [9.17, 15) is 9.90 Å². The van der Waals surface area contributed by atoms with Crippen LogP contribution in [-0.2, 0) is 4.74 Å². The van der Waals surface area contributed by atoms with Crippen LogP contribution >= 0.6 is 0 Å². The molecular weight excluding hydrogens is 206 g/mol. The molecule has 16 heavy (non-hydrogen) atoms. The highest BCUT2D eigenvalue weighted by molar-refractivity contribution is 5.95. The van der Waals surface area contributed by atoms with E-state index in [1.54, 1.807) is 26.2 Å². The normalized spacial score (nSPS) is 10.1. The first-order valence-corrected chi connectivity index (χ1v) is 5.22. The minimum Gasteiger partial charge on any atom is -0.508 e. The van der Waals surface area contributed by atoms with Gasteiger partial charge in [-0.05, 0) is 37.1 Å². The Morgan fingerprint density at radius 2 is 2.25 bits per heavy atom. The molecule has 88 valence electrons. The zero-order chi connectivity index (χ0) is 12.0. The zero-order valence-corrected chi connectivity index (χ0v) is 9.62. The Labute approximate surface area is 95.2 Å². The number of aryl methyl sites for hydroxylation is 1. The summed E-state index contributed by atoms with van der Waals surface area (Å²) in [6, 6.07) is 4.71. The Bertz CT molecular complexity index is 363. The van der Waals surface area contributed by atoms with Gasteiger partial charge in [-0.15, -0.1) is 0 Å². The van der Waals surface area contributed by atoms with E-state index in [1.807, 2.05) is 0 Å². The third-order valence-corrected chi connectivity index (χ3v) is 2.27. The summed E-state index contributed by atoms with van der Waals surface area (Å²) in [5.41, 5.74) is 1.36. The number of hydrogen-bond donors (Lipinski definition) is 2. The SMILES string of the molecule is COCCCNC(=O)c1ccc(O)cc1C. The predicted molar refractivity (Wildman–Crippen MR) is 61.7 cm³/mol. The van der Waals surface area contributed by atoms with Gasteiger partial charge in [-0.25, -0.2) is 0 Å². The van der Waals surface area contributed by atoms with E-state index in [4.69, 9.17) is 4.74 Å². The van der Waals surface area contributed by atoms with E-state index < -0.39 is 0 Å². The maximum absolute atomic E-state index is 11.7. The molecule has 2 N–H and O–H groups in total. The largest absolute Gasteiger partial charge is 0.508 e. The lowest BCUT2D eigenvalue weighted by Crippen LogP contribution is -2.25. The van der Waals surface area contributed by atoms with Crippen molar-refractivity contribution in [2.75, 3.05) is 20.3 Å². The summed E-state index contributed by atoms with van der Waals surface area (Å²) < 4.78 is 4.88. The summed E-state index contributed by atoms with van der Waals surface area (Å²) in [4.78, 5) is 11.7. The highest BCUT2D eigenvalue weighted by atomic mass is 16.5. The monoisotopic (exact) mass is 223 g/mol. The third-order valence-electron chi connectivity index (χ3n) is 2.27. The van der Waals surface area contributed by atoms with Crippen molar-refractivity contribution in [3.63, 3.8) is 0 Å². The molecule has 0 spiro atoms. The molecule has 0 radical (unpaired) electrons. The lowest BCUT2D eigenvalue weighted by atomic mass is 10.1. The number of carbonyl (C=O) groups is 1. The number of rotatable bonds is 5. The molecule has 0 bridgehead atoms. The van der Waals surface area contributed by atoms with Gasteiger partial charge >= 0.3 is 0 Å². The predicted octanol–water partition coefficient (Wildman–Crippen LogP) is 1.47. The molecule has 0 fully saturated rings. The Morgan fingerprint density at radius 1 is 1.50 bits per heavy atom. The molecular formula is C12H17NO3. The van der Waals surface area contributed by atoms with Crippen LogP contribution < -0.4 is 5.32 Å². The minimum absolute atomic E-state index is 0.117. The summed E-state index contributed by atoms with van der Waals surface area (Å²) in [5, 5.41) is 12.0. The number of ether oxygens (including phenoxy) is 1. The Hall–Kier alpha value is -1.55. The Morgan fingerprint density at radius 3 is 2.88 bits per heavy atom. The van der Waals surface area contributed by atoms with Crippen LogP contribution in [0.4, 0.5) is 0 Å². The molecule has 4 nitrogen and oxygen atoms in total. The average molecular weight is 223 g/mol. The molecule has 0 saturated carbocycles. The molecule has 1 aromatic carbocycles. The van der Waals surface area contributed by atoms with Crippen molar-refractivity contribution in [3.8, 4) is 5.75 Å². The summed E-state index contributed by atoms with van der Waals surface area (Å²) >= 11 is 0. The highest BCUT2D eigenvalue weighted by Gasteiger charge is 2.08. The zero-order valence-electron chi connectivity index (χ0n) is 9.62. The Kier molecular flexibility index (Phi) is 4.79. The maximum Gasteiger partial charge on any atom is 0.251 e. The molecule has 1 aromatic rings. The number of methoxy groups -OCH3 is 1. The molecule has 1 amide bonds. The number of phenolic OH excluding ortho intramolecular Hbond substituents is 1. The van der Waals surface area contributed by atoms with E-state index in [1.165, 1.54) is 6.07 Å². The second-order valence-corrected chi connectivity index (χ2v) is 3.60. The van der Waals surface area contributed by atoms with Crippen LogP contribution in [0.5, 0.6) is 5.75 Å². The minimum atomic E-state index is -0.117. The fraction of sp³-hybridized carbons (Fsp3) is 0.417. The fourth-order valence-corrected chi connectivity index (χ4v) is 1.42. The van der Waals surface area contributed by atoms with Crippen LogP contribution in [0.3, 0.4) is 0 Å². The standard InChI is InChI=1S/C12H17NO3/c1-9-8-10(14)4-5-11(9)12(15)13-6-3-7-16-2/h4-5,8,14H,3,6-7H2,1-2H3,(H,13,15). The van der Waals surface area contributed by atoms with Gasteiger partial charge in [-0.1, -0.05) is 0 Å². The van der Waals surface area contributed by atoms with Crippen molar-refractivity contribution < 1.29 is 14.6 Å². The molecule has 1 rings (SSSR count). The first kappa shape index (κ1) is 12.5. The lowest BCUT2D eigenvalue weighted by molar-refractivity contribution is 0.0948. The van der Waals surface area contributed by atoms with Crippen LogP contribution in [0.15, 0.2) is 18.2 Å². The third kappa shape index (κ3) is 3.55. The second-order valence-electron chi connectivity index (χ2n) is 3.60. The molecule has 0 aliphatic rings. The number of carbonyl (C=O) groups excluding carboxylic acids is 1. The molecule has 0 aliphatic carbocycles. The molecule has 0 unspecified atom stereocenters. The van der Waals surface area contributed by atoms with Crippen molar-refractivity contribution in [2.45, 2.75) is 13.3 Å². The molecule has 0 aliphatic heterocycles. The molecule has 0 atom stereocenters. The Balaban J connectivity index is 2.53. The fourth-order valence-electron chi connectivity index (χ4n) is 1.42. The van der Waals surface area contributed by atoms with E-state index >= 15 is 0 Å². The lowest BCUT2D eigenvalue weighted by Gasteiger charge is -2.07. The maximum atomic E-state index is 11.7. The van der Waals surface area contributed by atoms with E-state index in [0.29, 0.717) is 18.7 Å². The molecule has 0 saturated heterocycles. The van der Waals surface area contributed by atoms with Crippen LogP contribution in [0.25, 0.3) is 0 Å². The molecule has 0 aromatic heterocycles. The second kappa shape index (κ2) is 6.12. The number of aromatic hydroxyl groups is 1. The van der Waals surface area contributed by atoms with Gasteiger partial charge in [0.2, 0.25) is 0 Å². The first-order chi connectivity index (χ1) is 7.65.